The standard InChI is InChI=1S/C39H32F6N4O2S/c1-25-15-16-31(46-36(52)47-32-20-29(38(40,41)42)19-30(21-32)39(43,44)45)22-34(25)49-48-33-14-8-13-28-17-18-37(35(28)33,50-23-26-9-4-2-5-10-26)51-24-27-11-6-3-7-12-27/h2-16,19-22H,17-18,23-24H2,1H3,(H2,46,47,52). The van der Waals surface area contributed by atoms with Crippen LogP contribution in [-0.2, 0) is 47.2 Å². The van der Waals surface area contributed by atoms with Gasteiger partial charge in [0.25, 0.3) is 0 Å². The molecule has 6 rings (SSSR count). The number of hydrogen-bond acceptors (Lipinski definition) is 5. The fourth-order valence-electron chi connectivity index (χ4n) is 5.84. The molecule has 0 saturated heterocycles. The van der Waals surface area contributed by atoms with Gasteiger partial charge < -0.3 is 20.1 Å². The van der Waals surface area contributed by atoms with E-state index in [0.29, 0.717) is 55.3 Å². The van der Waals surface area contributed by atoms with Gasteiger partial charge in [0, 0.05) is 23.4 Å². The highest BCUT2D eigenvalue weighted by atomic mass is 32.1. The lowest BCUT2D eigenvalue weighted by Crippen LogP contribution is -2.30. The predicted octanol–water partition coefficient (Wildman–Crippen LogP) is 11.8. The highest BCUT2D eigenvalue weighted by Crippen LogP contribution is 2.47. The predicted molar refractivity (Wildman–Crippen MR) is 191 cm³/mol. The summed E-state index contributed by atoms with van der Waals surface area (Å²) in [6.07, 6.45) is -8.73. The molecule has 52 heavy (non-hydrogen) atoms. The van der Waals surface area contributed by atoms with E-state index in [2.05, 4.69) is 20.9 Å². The van der Waals surface area contributed by atoms with E-state index in [1.54, 1.807) is 18.2 Å². The van der Waals surface area contributed by atoms with Gasteiger partial charge in [-0.1, -0.05) is 78.9 Å². The highest BCUT2D eigenvalue weighted by molar-refractivity contribution is 7.80. The molecule has 0 saturated carbocycles. The maximum Gasteiger partial charge on any atom is 0.416 e. The quantitative estimate of drug-likeness (QED) is 0.0647. The van der Waals surface area contributed by atoms with E-state index in [9.17, 15) is 26.3 Å². The summed E-state index contributed by atoms with van der Waals surface area (Å²) < 4.78 is 93.4. The van der Waals surface area contributed by atoms with Crippen molar-refractivity contribution < 1.29 is 35.8 Å². The van der Waals surface area contributed by atoms with Crippen LogP contribution in [0.25, 0.3) is 0 Å². The van der Waals surface area contributed by atoms with Crippen molar-refractivity contribution in [2.24, 2.45) is 10.2 Å². The Kier molecular flexibility index (Phi) is 10.7. The minimum Gasteiger partial charge on any atom is -0.341 e. The van der Waals surface area contributed by atoms with Crippen LogP contribution in [0.1, 0.15) is 45.4 Å². The second-order valence-electron chi connectivity index (χ2n) is 12.2. The molecule has 0 bridgehead atoms. The molecule has 0 unspecified atom stereocenters. The minimum atomic E-state index is -5.00. The summed E-state index contributed by atoms with van der Waals surface area (Å²) in [4.78, 5) is 0. The number of halogens is 6. The third-order valence-electron chi connectivity index (χ3n) is 8.44. The molecule has 5 aromatic carbocycles. The number of nitrogens with one attached hydrogen (secondary N) is 2. The normalized spacial score (nSPS) is 14.0. The number of azo groups is 1. The molecular weight excluding hydrogens is 703 g/mol. The zero-order valence-corrected chi connectivity index (χ0v) is 28.5. The lowest BCUT2D eigenvalue weighted by Gasteiger charge is -2.31. The van der Waals surface area contributed by atoms with E-state index < -0.39 is 35.0 Å². The monoisotopic (exact) mass is 734 g/mol. The second kappa shape index (κ2) is 15.2. The minimum absolute atomic E-state index is 0.0515. The van der Waals surface area contributed by atoms with Crippen molar-refractivity contribution in [1.82, 2.24) is 0 Å². The van der Waals surface area contributed by atoms with Crippen molar-refractivity contribution in [1.29, 1.82) is 0 Å². The zero-order chi connectivity index (χ0) is 36.9. The first-order chi connectivity index (χ1) is 24.8. The second-order valence-corrected chi connectivity index (χ2v) is 12.6. The van der Waals surface area contributed by atoms with Gasteiger partial charge in [-0.25, -0.2) is 0 Å². The molecule has 1 aliphatic carbocycles. The van der Waals surface area contributed by atoms with Crippen LogP contribution in [0.5, 0.6) is 0 Å². The molecule has 268 valence electrons. The molecular formula is C39H32F6N4O2S. The van der Waals surface area contributed by atoms with E-state index in [1.165, 1.54) is 0 Å². The number of fused-ring (bicyclic) bond motifs is 1. The summed E-state index contributed by atoms with van der Waals surface area (Å²) in [7, 11) is 0. The van der Waals surface area contributed by atoms with Gasteiger partial charge in [0.2, 0.25) is 0 Å². The Hall–Kier alpha value is -5.11. The van der Waals surface area contributed by atoms with Crippen molar-refractivity contribution in [2.45, 2.75) is 51.1 Å². The van der Waals surface area contributed by atoms with Crippen LogP contribution in [-0.4, -0.2) is 5.11 Å². The first-order valence-electron chi connectivity index (χ1n) is 16.2. The Labute approximate surface area is 301 Å². The Bertz CT molecular complexity index is 2000. The number of ether oxygens (including phenoxy) is 2. The average molecular weight is 735 g/mol. The van der Waals surface area contributed by atoms with Crippen LogP contribution in [0.3, 0.4) is 0 Å². The first kappa shape index (κ1) is 36.7. The average Bonchev–Trinajstić information content (AvgIpc) is 3.49. The molecule has 0 spiro atoms. The third kappa shape index (κ3) is 8.84. The molecule has 0 amide bonds. The Morgan fingerprint density at radius 1 is 0.673 bits per heavy atom. The fraction of sp³-hybridized carbons (Fsp3) is 0.205. The third-order valence-corrected chi connectivity index (χ3v) is 8.64. The van der Waals surface area contributed by atoms with Crippen molar-refractivity contribution in [2.75, 3.05) is 10.6 Å². The van der Waals surface area contributed by atoms with Crippen LogP contribution in [0.15, 0.2) is 125 Å². The molecule has 0 heterocycles. The Morgan fingerprint density at radius 2 is 1.23 bits per heavy atom. The maximum atomic E-state index is 13.4. The summed E-state index contributed by atoms with van der Waals surface area (Å²) in [5.41, 5.74) is 2.50. The summed E-state index contributed by atoms with van der Waals surface area (Å²) in [5.74, 6) is -1.11. The maximum absolute atomic E-state index is 13.4. The molecule has 0 atom stereocenters. The molecule has 0 radical (unpaired) electrons. The van der Waals surface area contributed by atoms with E-state index in [-0.39, 0.29) is 11.2 Å². The van der Waals surface area contributed by atoms with Gasteiger partial charge in [-0.2, -0.15) is 36.6 Å². The number of rotatable bonds is 10. The number of anilines is 2. The highest BCUT2D eigenvalue weighted by Gasteiger charge is 2.43. The molecule has 2 N–H and O–H groups in total. The van der Waals surface area contributed by atoms with Gasteiger partial charge in [-0.3, -0.25) is 0 Å². The number of benzene rings is 5. The van der Waals surface area contributed by atoms with E-state index in [0.717, 1.165) is 27.8 Å². The van der Waals surface area contributed by atoms with E-state index in [1.807, 2.05) is 85.8 Å². The SMILES string of the molecule is Cc1ccc(NC(=S)Nc2cc(C(F)(F)F)cc(C(F)(F)F)c2)cc1N=Nc1cccc2c1C(OCc1ccccc1)(OCc1ccccc1)CC2. The molecule has 5 aromatic rings. The molecule has 13 heteroatoms. The van der Waals surface area contributed by atoms with Crippen molar-refractivity contribution >= 4 is 40.1 Å². The topological polar surface area (TPSA) is 67.2 Å². The number of thiocarbonyl (C=S) groups is 1. The molecule has 0 aromatic heterocycles. The number of aryl methyl sites for hydroxylation is 2. The largest absolute Gasteiger partial charge is 0.416 e. The van der Waals surface area contributed by atoms with Gasteiger partial charge in [0.15, 0.2) is 10.9 Å². The van der Waals surface area contributed by atoms with Gasteiger partial charge >= 0.3 is 12.4 Å². The number of alkyl halides is 6. The van der Waals surface area contributed by atoms with Crippen molar-refractivity contribution in [3.05, 3.63) is 154 Å². The summed E-state index contributed by atoms with van der Waals surface area (Å²) in [6.45, 7) is 2.43. The van der Waals surface area contributed by atoms with Gasteiger partial charge in [0.1, 0.15) is 0 Å². The van der Waals surface area contributed by atoms with Crippen LogP contribution in [0.2, 0.25) is 0 Å². The summed E-state index contributed by atoms with van der Waals surface area (Å²) in [6, 6.07) is 31.5. The molecule has 0 aliphatic heterocycles. The lowest BCUT2D eigenvalue weighted by molar-refractivity contribution is -0.258. The van der Waals surface area contributed by atoms with Gasteiger partial charge in [-0.15, -0.1) is 0 Å². The van der Waals surface area contributed by atoms with Gasteiger partial charge in [-0.05, 0) is 84.2 Å². The number of nitrogens with zero attached hydrogens (tertiary/aromatic N) is 2. The molecule has 0 fully saturated rings. The molecule has 6 nitrogen and oxygen atoms in total. The van der Waals surface area contributed by atoms with Crippen molar-refractivity contribution in [3.8, 4) is 0 Å². The summed E-state index contributed by atoms with van der Waals surface area (Å²) in [5, 5.41) is 14.2. The Morgan fingerprint density at radius 3 is 1.81 bits per heavy atom. The lowest BCUT2D eigenvalue weighted by atomic mass is 10.0. The van der Waals surface area contributed by atoms with Crippen LogP contribution in [0.4, 0.5) is 49.1 Å². The Balaban J connectivity index is 1.25. The van der Waals surface area contributed by atoms with E-state index >= 15 is 0 Å². The smallest absolute Gasteiger partial charge is 0.341 e. The fourth-order valence-corrected chi connectivity index (χ4v) is 6.08. The van der Waals surface area contributed by atoms with E-state index in [4.69, 9.17) is 21.7 Å². The van der Waals surface area contributed by atoms with Crippen LogP contribution < -0.4 is 10.6 Å². The number of hydrogen-bond donors (Lipinski definition) is 2. The van der Waals surface area contributed by atoms with Crippen molar-refractivity contribution in [3.63, 3.8) is 0 Å². The first-order valence-corrected chi connectivity index (χ1v) is 16.6. The van der Waals surface area contributed by atoms with Crippen LogP contribution in [0, 0.1) is 6.92 Å². The van der Waals surface area contributed by atoms with Crippen LogP contribution >= 0.6 is 12.2 Å². The summed E-state index contributed by atoms with van der Waals surface area (Å²) >= 11 is 5.24. The van der Waals surface area contributed by atoms with Gasteiger partial charge in [0.05, 0.1) is 35.7 Å². The molecule has 1 aliphatic rings. The zero-order valence-electron chi connectivity index (χ0n) is 27.7.